The van der Waals surface area contributed by atoms with Crippen LogP contribution in [0.1, 0.15) is 51.0 Å². The van der Waals surface area contributed by atoms with Crippen molar-refractivity contribution in [1.29, 1.82) is 0 Å². The predicted molar refractivity (Wildman–Crippen MR) is 107 cm³/mol. The summed E-state index contributed by atoms with van der Waals surface area (Å²) < 4.78 is 0. The van der Waals surface area contributed by atoms with E-state index in [0.717, 1.165) is 30.9 Å². The molecule has 0 spiro atoms. The van der Waals surface area contributed by atoms with E-state index in [-0.39, 0.29) is 17.9 Å². The molecule has 1 aromatic carbocycles. The second-order valence-corrected chi connectivity index (χ2v) is 8.16. The summed E-state index contributed by atoms with van der Waals surface area (Å²) in [4.78, 5) is 26.6. The summed E-state index contributed by atoms with van der Waals surface area (Å²) in [5, 5.41) is 6.72. The van der Waals surface area contributed by atoms with E-state index in [0.29, 0.717) is 37.0 Å². The summed E-state index contributed by atoms with van der Waals surface area (Å²) in [6.45, 7) is 4.08. The normalized spacial score (nSPS) is 22.6. The fourth-order valence-corrected chi connectivity index (χ4v) is 4.03. The minimum atomic E-state index is 0.0685. The summed E-state index contributed by atoms with van der Waals surface area (Å²) in [6.07, 6.45) is 5.66. The monoisotopic (exact) mass is 391 g/mol. The number of carbonyl (C=O) groups excluding carboxylic acids is 2. The van der Waals surface area contributed by atoms with Gasteiger partial charge in [-0.3, -0.25) is 14.5 Å². The molecule has 0 bridgehead atoms. The molecule has 1 heterocycles. The second-order valence-electron chi connectivity index (χ2n) is 7.76. The Morgan fingerprint density at radius 3 is 2.52 bits per heavy atom. The Hall–Kier alpha value is -1.59. The van der Waals surface area contributed by atoms with E-state index < -0.39 is 0 Å². The van der Waals surface area contributed by atoms with E-state index in [9.17, 15) is 9.59 Å². The smallest absolute Gasteiger partial charge is 0.221 e. The van der Waals surface area contributed by atoms with Gasteiger partial charge < -0.3 is 10.6 Å². The first-order chi connectivity index (χ1) is 13.1. The number of likely N-dealkylation sites (tertiary alicyclic amines) is 1. The Balaban J connectivity index is 1.51. The van der Waals surface area contributed by atoms with E-state index in [2.05, 4.69) is 15.5 Å². The molecule has 1 aromatic rings. The zero-order valence-corrected chi connectivity index (χ0v) is 16.8. The van der Waals surface area contributed by atoms with Crippen molar-refractivity contribution in [2.45, 2.75) is 64.1 Å². The molecule has 1 aliphatic heterocycles. The maximum absolute atomic E-state index is 12.5. The zero-order chi connectivity index (χ0) is 19.2. The lowest BCUT2D eigenvalue weighted by Gasteiger charge is -2.30. The van der Waals surface area contributed by atoms with Gasteiger partial charge in [0.2, 0.25) is 11.8 Å². The highest BCUT2D eigenvalue weighted by Crippen LogP contribution is 2.35. The molecule has 2 N–H and O–H groups in total. The van der Waals surface area contributed by atoms with Crippen molar-refractivity contribution < 1.29 is 9.59 Å². The average molecular weight is 392 g/mol. The number of nitrogens with one attached hydrogen (secondary N) is 2. The van der Waals surface area contributed by atoms with Crippen LogP contribution in [0.5, 0.6) is 0 Å². The molecule has 2 atom stereocenters. The number of carbonyl (C=O) groups is 2. The van der Waals surface area contributed by atoms with Crippen molar-refractivity contribution in [1.82, 2.24) is 15.5 Å². The van der Waals surface area contributed by atoms with Crippen molar-refractivity contribution in [3.63, 3.8) is 0 Å². The highest BCUT2D eigenvalue weighted by Gasteiger charge is 2.37. The van der Waals surface area contributed by atoms with E-state index >= 15 is 0 Å². The quantitative estimate of drug-likeness (QED) is 0.679. The molecule has 1 saturated heterocycles. The summed E-state index contributed by atoms with van der Waals surface area (Å²) in [6, 6.07) is 8.20. The molecular formula is C21H30ClN3O2. The summed E-state index contributed by atoms with van der Waals surface area (Å²) in [7, 11) is 0. The van der Waals surface area contributed by atoms with Crippen LogP contribution in [0.4, 0.5) is 0 Å². The van der Waals surface area contributed by atoms with Gasteiger partial charge in [-0.1, -0.05) is 36.7 Å². The molecule has 3 rings (SSSR count). The molecule has 1 aliphatic carbocycles. The minimum Gasteiger partial charge on any atom is -0.355 e. The van der Waals surface area contributed by atoms with Crippen molar-refractivity contribution >= 4 is 23.4 Å². The molecule has 2 fully saturated rings. The Labute approximate surface area is 166 Å². The summed E-state index contributed by atoms with van der Waals surface area (Å²) >= 11 is 6.16. The van der Waals surface area contributed by atoms with Crippen LogP contribution in [0.15, 0.2) is 24.3 Å². The van der Waals surface area contributed by atoms with Gasteiger partial charge in [0.1, 0.15) is 0 Å². The lowest BCUT2D eigenvalue weighted by atomic mass is 10.1. The first kappa shape index (κ1) is 20.2. The molecule has 0 unspecified atom stereocenters. The van der Waals surface area contributed by atoms with Gasteiger partial charge in [-0.05, 0) is 43.2 Å². The predicted octanol–water partition coefficient (Wildman–Crippen LogP) is 3.12. The van der Waals surface area contributed by atoms with Crippen LogP contribution >= 0.6 is 11.6 Å². The molecule has 0 radical (unpaired) electrons. The third-order valence-electron chi connectivity index (χ3n) is 5.65. The largest absolute Gasteiger partial charge is 0.355 e. The Kier molecular flexibility index (Phi) is 7.13. The van der Waals surface area contributed by atoms with Crippen LogP contribution in [-0.4, -0.2) is 41.9 Å². The van der Waals surface area contributed by atoms with Crippen LogP contribution in [0.3, 0.4) is 0 Å². The van der Waals surface area contributed by atoms with Gasteiger partial charge >= 0.3 is 0 Å². The van der Waals surface area contributed by atoms with Crippen LogP contribution in [0.2, 0.25) is 5.02 Å². The van der Waals surface area contributed by atoms with E-state index in [1.165, 1.54) is 12.8 Å². The number of hydrogen-bond donors (Lipinski definition) is 2. The third kappa shape index (κ3) is 5.94. The van der Waals surface area contributed by atoms with Gasteiger partial charge in [-0.2, -0.15) is 0 Å². The van der Waals surface area contributed by atoms with E-state index in [4.69, 9.17) is 11.6 Å². The highest BCUT2D eigenvalue weighted by molar-refractivity contribution is 6.31. The number of nitrogens with zero attached hydrogens (tertiary/aromatic N) is 1. The average Bonchev–Trinajstić information content (AvgIpc) is 3.41. The van der Waals surface area contributed by atoms with Crippen LogP contribution in [0, 0.1) is 5.92 Å². The molecule has 0 aromatic heterocycles. The highest BCUT2D eigenvalue weighted by atomic mass is 35.5. The number of hydrogen-bond acceptors (Lipinski definition) is 3. The Morgan fingerprint density at radius 2 is 1.81 bits per heavy atom. The number of benzene rings is 1. The van der Waals surface area contributed by atoms with E-state index in [1.807, 2.05) is 31.2 Å². The Morgan fingerprint density at radius 1 is 1.07 bits per heavy atom. The van der Waals surface area contributed by atoms with Crippen molar-refractivity contribution in [3.05, 3.63) is 34.9 Å². The van der Waals surface area contributed by atoms with Crippen LogP contribution in [-0.2, 0) is 16.1 Å². The van der Waals surface area contributed by atoms with Crippen LogP contribution in [0.25, 0.3) is 0 Å². The SMILES string of the molecule is CCC(=O)NC[C@@H]1CC[C@H](CC(=O)NCc2ccccc2Cl)N1CC1CC1. The van der Waals surface area contributed by atoms with Gasteiger partial charge in [0, 0.05) is 49.6 Å². The number of rotatable bonds is 9. The minimum absolute atomic E-state index is 0.0685. The molecule has 2 amide bonds. The third-order valence-corrected chi connectivity index (χ3v) is 6.02. The van der Waals surface area contributed by atoms with Crippen LogP contribution < -0.4 is 10.6 Å². The Bertz CT molecular complexity index is 663. The van der Waals surface area contributed by atoms with Gasteiger partial charge in [0.15, 0.2) is 0 Å². The maximum atomic E-state index is 12.5. The molecular weight excluding hydrogens is 362 g/mol. The fourth-order valence-electron chi connectivity index (χ4n) is 3.83. The summed E-state index contributed by atoms with van der Waals surface area (Å²) in [5.74, 6) is 0.933. The molecule has 27 heavy (non-hydrogen) atoms. The fraction of sp³-hybridized carbons (Fsp3) is 0.619. The van der Waals surface area contributed by atoms with Gasteiger partial charge in [-0.25, -0.2) is 0 Å². The molecule has 5 nitrogen and oxygen atoms in total. The first-order valence-electron chi connectivity index (χ1n) is 10.1. The summed E-state index contributed by atoms with van der Waals surface area (Å²) in [5.41, 5.74) is 0.939. The van der Waals surface area contributed by atoms with Crippen molar-refractivity contribution in [2.24, 2.45) is 5.92 Å². The standard InChI is InChI=1S/C21H30ClN3O2/c1-2-20(26)24-13-18-10-9-17(25(18)14-15-7-8-15)11-21(27)23-12-16-5-3-4-6-19(16)22/h3-6,15,17-18H,2,7-14H2,1H3,(H,23,27)(H,24,26)/t17-,18+/m1/s1. The molecule has 2 aliphatic rings. The lowest BCUT2D eigenvalue weighted by molar-refractivity contribution is -0.123. The second kappa shape index (κ2) is 9.56. The zero-order valence-electron chi connectivity index (χ0n) is 16.0. The lowest BCUT2D eigenvalue weighted by Crippen LogP contribution is -2.45. The van der Waals surface area contributed by atoms with Crippen molar-refractivity contribution in [3.8, 4) is 0 Å². The molecule has 148 valence electrons. The van der Waals surface area contributed by atoms with Gasteiger partial charge in [0.05, 0.1) is 0 Å². The maximum Gasteiger partial charge on any atom is 0.221 e. The first-order valence-corrected chi connectivity index (χ1v) is 10.5. The van der Waals surface area contributed by atoms with Crippen molar-refractivity contribution in [2.75, 3.05) is 13.1 Å². The number of amides is 2. The van der Waals surface area contributed by atoms with Gasteiger partial charge in [0.25, 0.3) is 0 Å². The van der Waals surface area contributed by atoms with Gasteiger partial charge in [-0.15, -0.1) is 0 Å². The topological polar surface area (TPSA) is 61.4 Å². The molecule has 6 heteroatoms. The number of halogens is 1. The molecule has 1 saturated carbocycles. The van der Waals surface area contributed by atoms with E-state index in [1.54, 1.807) is 0 Å².